The van der Waals surface area contributed by atoms with E-state index in [-0.39, 0.29) is 13.0 Å². The molecule has 0 amide bonds. The summed E-state index contributed by atoms with van der Waals surface area (Å²) < 4.78 is 25.9. The maximum absolute atomic E-state index is 10.3. The van der Waals surface area contributed by atoms with Gasteiger partial charge in [-0.2, -0.15) is 0 Å². The highest BCUT2D eigenvalue weighted by Crippen LogP contribution is 1.80. The fourth-order valence-electron chi connectivity index (χ4n) is 0.338. The van der Waals surface area contributed by atoms with Gasteiger partial charge in [0.25, 0.3) is 0 Å². The molecule has 1 N–H and O–H groups in total. The normalized spacial score (nSPS) is 12.6. The number of methoxy groups -OCH3 is 1. The SMILES string of the molecule is COC(=O)CCNS(=O)[O-]. The summed E-state index contributed by atoms with van der Waals surface area (Å²) in [5.74, 6) is -0.432. The lowest BCUT2D eigenvalue weighted by Gasteiger charge is -2.04. The Morgan fingerprint density at radius 1 is 1.80 bits per heavy atom. The number of nitrogens with one attached hydrogen (secondary N) is 1. The molecule has 0 aromatic heterocycles. The average molecular weight is 166 g/mol. The quantitative estimate of drug-likeness (QED) is 0.426. The minimum absolute atomic E-state index is 0.0600. The molecule has 6 heteroatoms. The molecule has 0 heterocycles. The van der Waals surface area contributed by atoms with Gasteiger partial charge in [-0.15, -0.1) is 0 Å². The van der Waals surface area contributed by atoms with Crippen LogP contribution in [0.4, 0.5) is 0 Å². The summed E-state index contributed by atoms with van der Waals surface area (Å²) in [6.07, 6.45) is 0.0600. The van der Waals surface area contributed by atoms with Gasteiger partial charge in [-0.1, -0.05) is 0 Å². The van der Waals surface area contributed by atoms with E-state index < -0.39 is 17.2 Å². The number of rotatable bonds is 4. The fraction of sp³-hybridized carbons (Fsp3) is 0.750. The summed E-state index contributed by atoms with van der Waals surface area (Å²) in [6.45, 7) is 0.0861. The van der Waals surface area contributed by atoms with Crippen molar-refractivity contribution in [2.24, 2.45) is 0 Å². The van der Waals surface area contributed by atoms with Crippen LogP contribution < -0.4 is 4.72 Å². The summed E-state index contributed by atoms with van der Waals surface area (Å²) in [6, 6.07) is 0. The highest BCUT2D eigenvalue weighted by Gasteiger charge is 1.97. The summed E-state index contributed by atoms with van der Waals surface area (Å²) in [4.78, 5) is 10.3. The van der Waals surface area contributed by atoms with Gasteiger partial charge in [0, 0.05) is 17.8 Å². The Balaban J connectivity index is 3.20. The number of hydrogen-bond acceptors (Lipinski definition) is 4. The first-order chi connectivity index (χ1) is 4.66. The van der Waals surface area contributed by atoms with Gasteiger partial charge in [0.15, 0.2) is 0 Å². The third kappa shape index (κ3) is 5.67. The molecule has 0 saturated carbocycles. The molecule has 0 fully saturated rings. The van der Waals surface area contributed by atoms with Crippen LogP contribution >= 0.6 is 0 Å². The molecule has 0 bridgehead atoms. The molecule has 5 nitrogen and oxygen atoms in total. The number of esters is 1. The van der Waals surface area contributed by atoms with E-state index in [0.717, 1.165) is 0 Å². The zero-order chi connectivity index (χ0) is 7.98. The standard InChI is InChI=1S/C4H9NO4S/c1-9-4(6)2-3-5-10(7)8/h5H,2-3H2,1H3,(H,7,8)/p-1. The van der Waals surface area contributed by atoms with E-state index in [4.69, 9.17) is 0 Å². The summed E-state index contributed by atoms with van der Waals surface area (Å²) in [7, 11) is 1.25. The van der Waals surface area contributed by atoms with Crippen molar-refractivity contribution in [3.05, 3.63) is 0 Å². The van der Waals surface area contributed by atoms with Gasteiger partial charge in [-0.3, -0.25) is 9.00 Å². The van der Waals surface area contributed by atoms with Crippen LogP contribution in [0.2, 0.25) is 0 Å². The van der Waals surface area contributed by atoms with Gasteiger partial charge >= 0.3 is 5.97 Å². The van der Waals surface area contributed by atoms with Gasteiger partial charge in [0.1, 0.15) is 0 Å². The minimum atomic E-state index is -2.29. The van der Waals surface area contributed by atoms with Crippen LogP contribution in [0.5, 0.6) is 0 Å². The van der Waals surface area contributed by atoms with Crippen molar-refractivity contribution < 1.29 is 18.3 Å². The van der Waals surface area contributed by atoms with E-state index in [9.17, 15) is 13.6 Å². The molecule has 0 radical (unpaired) electrons. The molecule has 1 atom stereocenters. The molecule has 0 aromatic carbocycles. The Labute approximate surface area is 61.2 Å². The Bertz CT molecular complexity index is 137. The molecule has 0 aliphatic carbocycles. The van der Waals surface area contributed by atoms with E-state index in [1.807, 2.05) is 4.72 Å². The Kier molecular flexibility index (Phi) is 5.09. The largest absolute Gasteiger partial charge is 0.760 e. The van der Waals surface area contributed by atoms with Crippen molar-refractivity contribution in [2.75, 3.05) is 13.7 Å². The number of hydrogen-bond donors (Lipinski definition) is 1. The summed E-state index contributed by atoms with van der Waals surface area (Å²) in [5.41, 5.74) is 0. The fourth-order valence-corrected chi connectivity index (χ4v) is 0.607. The van der Waals surface area contributed by atoms with Crippen LogP contribution in [0.1, 0.15) is 6.42 Å². The molecule has 0 spiro atoms. The van der Waals surface area contributed by atoms with Crippen molar-refractivity contribution in [1.29, 1.82) is 0 Å². The van der Waals surface area contributed by atoms with Crippen molar-refractivity contribution in [2.45, 2.75) is 6.42 Å². The van der Waals surface area contributed by atoms with E-state index >= 15 is 0 Å². The maximum Gasteiger partial charge on any atom is 0.306 e. The second kappa shape index (κ2) is 5.33. The first-order valence-electron chi connectivity index (χ1n) is 2.56. The highest BCUT2D eigenvalue weighted by atomic mass is 32.2. The molecular weight excluding hydrogens is 158 g/mol. The average Bonchev–Trinajstić information content (AvgIpc) is 1.87. The Hall–Kier alpha value is -0.460. The topological polar surface area (TPSA) is 78.5 Å². The molecule has 1 unspecified atom stereocenters. The summed E-state index contributed by atoms with van der Waals surface area (Å²) in [5, 5.41) is 0. The number of ether oxygens (including phenoxy) is 1. The van der Waals surface area contributed by atoms with Crippen molar-refractivity contribution in [1.82, 2.24) is 4.72 Å². The Morgan fingerprint density at radius 2 is 2.40 bits per heavy atom. The van der Waals surface area contributed by atoms with Gasteiger partial charge in [-0.05, 0) is 0 Å². The molecule has 0 aliphatic rings. The number of carbonyl (C=O) groups is 1. The second-order valence-electron chi connectivity index (χ2n) is 1.46. The highest BCUT2D eigenvalue weighted by molar-refractivity contribution is 7.77. The first kappa shape index (κ1) is 9.54. The predicted octanol–water partition coefficient (Wildman–Crippen LogP) is -1.07. The lowest BCUT2D eigenvalue weighted by atomic mass is 10.4. The molecule has 0 aromatic rings. The minimum Gasteiger partial charge on any atom is -0.760 e. The maximum atomic E-state index is 10.3. The van der Waals surface area contributed by atoms with Crippen LogP contribution in [0.15, 0.2) is 0 Å². The van der Waals surface area contributed by atoms with E-state index in [0.29, 0.717) is 0 Å². The molecular formula is C4H8NO4S-. The zero-order valence-electron chi connectivity index (χ0n) is 5.46. The monoisotopic (exact) mass is 166 g/mol. The molecule has 0 rings (SSSR count). The van der Waals surface area contributed by atoms with E-state index in [1.165, 1.54) is 7.11 Å². The van der Waals surface area contributed by atoms with Crippen LogP contribution in [-0.4, -0.2) is 28.4 Å². The van der Waals surface area contributed by atoms with E-state index in [2.05, 4.69) is 4.74 Å². The van der Waals surface area contributed by atoms with Crippen LogP contribution in [-0.2, 0) is 20.8 Å². The third-order valence-corrected chi connectivity index (χ3v) is 1.22. The third-order valence-electron chi connectivity index (χ3n) is 0.777. The molecule has 10 heavy (non-hydrogen) atoms. The van der Waals surface area contributed by atoms with Crippen molar-refractivity contribution >= 4 is 17.2 Å². The van der Waals surface area contributed by atoms with Gasteiger partial charge in [0.05, 0.1) is 13.5 Å². The lowest BCUT2D eigenvalue weighted by Crippen LogP contribution is -2.20. The van der Waals surface area contributed by atoms with Crippen molar-refractivity contribution in [3.8, 4) is 0 Å². The Morgan fingerprint density at radius 3 is 2.80 bits per heavy atom. The van der Waals surface area contributed by atoms with Gasteiger partial charge < -0.3 is 9.29 Å². The summed E-state index contributed by atoms with van der Waals surface area (Å²) >= 11 is -2.29. The predicted molar refractivity (Wildman–Crippen MR) is 33.6 cm³/mol. The van der Waals surface area contributed by atoms with Crippen LogP contribution in [0.3, 0.4) is 0 Å². The lowest BCUT2D eigenvalue weighted by molar-refractivity contribution is -0.140. The number of carbonyl (C=O) groups excluding carboxylic acids is 1. The van der Waals surface area contributed by atoms with Crippen molar-refractivity contribution in [3.63, 3.8) is 0 Å². The molecule has 0 aliphatic heterocycles. The molecule has 0 saturated heterocycles. The zero-order valence-corrected chi connectivity index (χ0v) is 6.27. The van der Waals surface area contributed by atoms with Crippen LogP contribution in [0.25, 0.3) is 0 Å². The van der Waals surface area contributed by atoms with E-state index in [1.54, 1.807) is 0 Å². The van der Waals surface area contributed by atoms with Crippen LogP contribution in [0, 0.1) is 0 Å². The smallest absolute Gasteiger partial charge is 0.306 e. The van der Waals surface area contributed by atoms with Gasteiger partial charge in [-0.25, -0.2) is 4.72 Å². The van der Waals surface area contributed by atoms with Gasteiger partial charge in [0.2, 0.25) is 0 Å². The second-order valence-corrected chi connectivity index (χ2v) is 2.21. The first-order valence-corrected chi connectivity index (χ1v) is 3.64. The molecule has 60 valence electrons.